The highest BCUT2D eigenvalue weighted by Crippen LogP contribution is 2.63. The van der Waals surface area contributed by atoms with E-state index >= 15 is 0 Å². The van der Waals surface area contributed by atoms with Gasteiger partial charge in [0.15, 0.2) is 0 Å². The molecule has 0 spiro atoms. The SMILES string of the molecule is Cl[Si](Cl)C12C=CC(C1)C(c1ccccc1)C2. The molecule has 0 saturated heterocycles. The molecule has 1 aromatic rings. The molecule has 3 heteroatoms. The Morgan fingerprint density at radius 3 is 2.50 bits per heavy atom. The Balaban J connectivity index is 1.91. The molecule has 3 unspecified atom stereocenters. The fourth-order valence-electron chi connectivity index (χ4n) is 3.12. The number of allylic oxidation sites excluding steroid dienone is 2. The van der Waals surface area contributed by atoms with Crippen LogP contribution in [0, 0.1) is 5.92 Å². The predicted octanol–water partition coefficient (Wildman–Crippen LogP) is 4.46. The zero-order valence-corrected chi connectivity index (χ0v) is 11.4. The lowest BCUT2D eigenvalue weighted by Crippen LogP contribution is -2.18. The first-order valence-electron chi connectivity index (χ1n) is 5.64. The second kappa shape index (κ2) is 3.90. The van der Waals surface area contributed by atoms with Crippen molar-refractivity contribution in [2.24, 2.45) is 5.92 Å². The zero-order valence-electron chi connectivity index (χ0n) is 8.87. The first kappa shape index (κ1) is 10.9. The summed E-state index contributed by atoms with van der Waals surface area (Å²) in [5, 5.41) is 0.138. The lowest BCUT2D eigenvalue weighted by molar-refractivity contribution is 0.587. The van der Waals surface area contributed by atoms with E-state index in [1.807, 2.05) is 0 Å². The smallest absolute Gasteiger partial charge is 0.146 e. The molecule has 0 amide bonds. The molecular formula is C13H13Cl2Si. The lowest BCUT2D eigenvalue weighted by Gasteiger charge is -2.25. The summed E-state index contributed by atoms with van der Waals surface area (Å²) in [6.45, 7) is 0. The van der Waals surface area contributed by atoms with Crippen LogP contribution in [-0.4, -0.2) is 7.42 Å². The van der Waals surface area contributed by atoms with Gasteiger partial charge in [0, 0.05) is 5.04 Å². The number of fused-ring (bicyclic) bond motifs is 2. The summed E-state index contributed by atoms with van der Waals surface area (Å²) >= 11 is 12.5. The predicted molar refractivity (Wildman–Crippen MR) is 71.2 cm³/mol. The molecule has 83 valence electrons. The first-order chi connectivity index (χ1) is 7.71. The summed E-state index contributed by atoms with van der Waals surface area (Å²) in [5.74, 6) is 1.28. The van der Waals surface area contributed by atoms with Crippen molar-refractivity contribution in [1.82, 2.24) is 0 Å². The van der Waals surface area contributed by atoms with Gasteiger partial charge in [-0.15, -0.1) is 22.2 Å². The molecule has 0 heterocycles. The number of benzene rings is 1. The molecule has 2 bridgehead atoms. The van der Waals surface area contributed by atoms with E-state index in [2.05, 4.69) is 42.5 Å². The molecule has 3 atom stereocenters. The monoisotopic (exact) mass is 267 g/mol. The zero-order chi connectivity index (χ0) is 11.2. The average Bonchev–Trinajstić information content (AvgIpc) is 2.89. The van der Waals surface area contributed by atoms with Gasteiger partial charge >= 0.3 is 0 Å². The van der Waals surface area contributed by atoms with Crippen molar-refractivity contribution >= 4 is 29.6 Å². The van der Waals surface area contributed by atoms with E-state index in [4.69, 9.17) is 22.2 Å². The molecular weight excluding hydrogens is 255 g/mol. The third-order valence-corrected chi connectivity index (χ3v) is 7.55. The highest BCUT2D eigenvalue weighted by molar-refractivity contribution is 7.35. The molecule has 0 aromatic heterocycles. The molecule has 0 nitrogen and oxygen atoms in total. The summed E-state index contributed by atoms with van der Waals surface area (Å²) in [6, 6.07) is 10.8. The Morgan fingerprint density at radius 1 is 1.12 bits per heavy atom. The van der Waals surface area contributed by atoms with Crippen molar-refractivity contribution < 1.29 is 0 Å². The van der Waals surface area contributed by atoms with Crippen molar-refractivity contribution in [3.63, 3.8) is 0 Å². The van der Waals surface area contributed by atoms with E-state index in [0.29, 0.717) is 11.8 Å². The second-order valence-corrected chi connectivity index (χ2v) is 9.23. The van der Waals surface area contributed by atoms with Crippen molar-refractivity contribution in [1.29, 1.82) is 0 Å². The summed E-state index contributed by atoms with van der Waals surface area (Å²) in [6.07, 6.45) is 6.91. The molecule has 1 saturated carbocycles. The Bertz CT molecular complexity index is 415. The van der Waals surface area contributed by atoms with E-state index in [1.165, 1.54) is 5.56 Å². The van der Waals surface area contributed by atoms with Crippen molar-refractivity contribution in [3.05, 3.63) is 48.0 Å². The maximum Gasteiger partial charge on any atom is 0.284 e. The van der Waals surface area contributed by atoms with E-state index in [-0.39, 0.29) is 5.04 Å². The average molecular weight is 268 g/mol. The Hall–Kier alpha value is -0.243. The standard InChI is InChI=1S/C13H13Cl2Si/c14-16(15)13-7-6-11(8-13)12(9-13)10-4-2-1-3-5-10/h1-7,11-12H,8-9H2. The fourth-order valence-corrected chi connectivity index (χ4v) is 5.41. The van der Waals surface area contributed by atoms with Crippen molar-refractivity contribution in [2.75, 3.05) is 0 Å². The first-order valence-corrected chi connectivity index (χ1v) is 9.16. The third-order valence-electron chi connectivity index (χ3n) is 3.97. The minimum absolute atomic E-state index is 0.138. The molecule has 2 aliphatic rings. The van der Waals surface area contributed by atoms with Gasteiger partial charge in [-0.25, -0.2) is 0 Å². The van der Waals surface area contributed by atoms with Gasteiger partial charge in [-0.1, -0.05) is 42.5 Å². The summed E-state index contributed by atoms with van der Waals surface area (Å²) in [5.41, 5.74) is 1.44. The normalized spacial score (nSPS) is 36.2. The molecule has 0 N–H and O–H groups in total. The molecule has 1 radical (unpaired) electrons. The summed E-state index contributed by atoms with van der Waals surface area (Å²) < 4.78 is 0. The van der Waals surface area contributed by atoms with E-state index in [9.17, 15) is 0 Å². The minimum Gasteiger partial charge on any atom is -0.146 e. The Morgan fingerprint density at radius 2 is 1.88 bits per heavy atom. The maximum absolute atomic E-state index is 6.24. The van der Waals surface area contributed by atoms with Gasteiger partial charge in [0.1, 0.15) is 0 Å². The lowest BCUT2D eigenvalue weighted by atomic mass is 9.87. The van der Waals surface area contributed by atoms with Gasteiger partial charge in [0.2, 0.25) is 0 Å². The highest BCUT2D eigenvalue weighted by atomic mass is 35.7. The van der Waals surface area contributed by atoms with Gasteiger partial charge in [-0.3, -0.25) is 0 Å². The van der Waals surface area contributed by atoms with Crippen LogP contribution < -0.4 is 0 Å². The molecule has 16 heavy (non-hydrogen) atoms. The Kier molecular flexibility index (Phi) is 2.65. The molecule has 1 aromatic carbocycles. The number of rotatable bonds is 2. The topological polar surface area (TPSA) is 0 Å². The van der Waals surface area contributed by atoms with Gasteiger partial charge in [0.25, 0.3) is 7.42 Å². The second-order valence-electron chi connectivity index (χ2n) is 4.86. The molecule has 0 aliphatic heterocycles. The molecule has 2 aliphatic carbocycles. The molecule has 1 fully saturated rings. The van der Waals surface area contributed by atoms with Crippen LogP contribution in [0.2, 0.25) is 5.04 Å². The highest BCUT2D eigenvalue weighted by Gasteiger charge is 2.51. The van der Waals surface area contributed by atoms with Crippen LogP contribution in [0.3, 0.4) is 0 Å². The quantitative estimate of drug-likeness (QED) is 0.422. The van der Waals surface area contributed by atoms with Crippen LogP contribution in [0.4, 0.5) is 0 Å². The van der Waals surface area contributed by atoms with Crippen LogP contribution in [0.25, 0.3) is 0 Å². The fraction of sp³-hybridized carbons (Fsp3) is 0.385. The van der Waals surface area contributed by atoms with E-state index in [0.717, 1.165) is 12.8 Å². The van der Waals surface area contributed by atoms with Crippen LogP contribution in [0.1, 0.15) is 24.3 Å². The van der Waals surface area contributed by atoms with Crippen molar-refractivity contribution in [2.45, 2.75) is 23.8 Å². The third kappa shape index (κ3) is 1.57. The van der Waals surface area contributed by atoms with Crippen LogP contribution in [0.15, 0.2) is 42.5 Å². The maximum atomic E-state index is 6.24. The van der Waals surface area contributed by atoms with E-state index < -0.39 is 7.42 Å². The number of hydrogen-bond acceptors (Lipinski definition) is 0. The van der Waals surface area contributed by atoms with Gasteiger partial charge < -0.3 is 0 Å². The van der Waals surface area contributed by atoms with Crippen LogP contribution in [0.5, 0.6) is 0 Å². The summed E-state index contributed by atoms with van der Waals surface area (Å²) in [7, 11) is -1.26. The van der Waals surface area contributed by atoms with Crippen molar-refractivity contribution in [3.8, 4) is 0 Å². The summed E-state index contributed by atoms with van der Waals surface area (Å²) in [4.78, 5) is 0. The minimum atomic E-state index is -1.26. The van der Waals surface area contributed by atoms with Crippen LogP contribution in [-0.2, 0) is 0 Å². The number of hydrogen-bond donors (Lipinski definition) is 0. The van der Waals surface area contributed by atoms with Gasteiger partial charge in [-0.2, -0.15) is 0 Å². The van der Waals surface area contributed by atoms with E-state index in [1.54, 1.807) is 0 Å². The van der Waals surface area contributed by atoms with Crippen LogP contribution >= 0.6 is 22.2 Å². The van der Waals surface area contributed by atoms with Gasteiger partial charge in [0.05, 0.1) is 0 Å². The largest absolute Gasteiger partial charge is 0.284 e. The van der Waals surface area contributed by atoms with Gasteiger partial charge in [-0.05, 0) is 30.2 Å². The molecule has 3 rings (SSSR count). The number of halogens is 2. The Labute approximate surface area is 107 Å².